The third-order valence-electron chi connectivity index (χ3n) is 5.52. The first-order chi connectivity index (χ1) is 13.1. The van der Waals surface area contributed by atoms with E-state index in [9.17, 15) is 4.79 Å². The molecule has 27 heavy (non-hydrogen) atoms. The molecule has 0 aliphatic carbocycles. The Hall–Kier alpha value is -2.89. The van der Waals surface area contributed by atoms with Crippen molar-refractivity contribution in [3.8, 4) is 5.69 Å². The first kappa shape index (κ1) is 17.5. The van der Waals surface area contributed by atoms with Crippen LogP contribution < -0.4 is 0 Å². The molecule has 140 valence electrons. The van der Waals surface area contributed by atoms with Gasteiger partial charge in [-0.3, -0.25) is 4.79 Å². The third-order valence-corrected chi connectivity index (χ3v) is 5.52. The Morgan fingerprint density at radius 1 is 1.15 bits per heavy atom. The molecule has 0 N–H and O–H groups in total. The van der Waals surface area contributed by atoms with Crippen LogP contribution >= 0.6 is 0 Å². The van der Waals surface area contributed by atoms with E-state index in [0.717, 1.165) is 49.7 Å². The van der Waals surface area contributed by atoms with Gasteiger partial charge in [-0.05, 0) is 44.7 Å². The van der Waals surface area contributed by atoms with E-state index in [-0.39, 0.29) is 5.91 Å². The first-order valence-electron chi connectivity index (χ1n) is 9.50. The number of aryl methyl sites for hydroxylation is 1. The van der Waals surface area contributed by atoms with Crippen LogP contribution in [0.5, 0.6) is 0 Å². The van der Waals surface area contributed by atoms with E-state index in [1.54, 1.807) is 6.20 Å². The SMILES string of the molecule is Cc1nccn1CC1CCN(C(=O)c2cnn(-c3ccccc3)c2C)CC1. The molecule has 0 saturated carbocycles. The first-order valence-corrected chi connectivity index (χ1v) is 9.50. The van der Waals surface area contributed by atoms with Gasteiger partial charge in [-0.2, -0.15) is 5.10 Å². The zero-order valence-corrected chi connectivity index (χ0v) is 15.9. The van der Waals surface area contributed by atoms with Crippen molar-refractivity contribution >= 4 is 5.91 Å². The molecule has 0 radical (unpaired) electrons. The molecule has 1 saturated heterocycles. The summed E-state index contributed by atoms with van der Waals surface area (Å²) < 4.78 is 4.04. The van der Waals surface area contributed by atoms with Crippen molar-refractivity contribution in [1.82, 2.24) is 24.2 Å². The van der Waals surface area contributed by atoms with Gasteiger partial charge in [0.25, 0.3) is 5.91 Å². The minimum Gasteiger partial charge on any atom is -0.339 e. The molecule has 2 aromatic heterocycles. The number of piperidine rings is 1. The number of carbonyl (C=O) groups is 1. The second kappa shape index (κ2) is 7.39. The Balaban J connectivity index is 1.41. The molecule has 4 rings (SSSR count). The summed E-state index contributed by atoms with van der Waals surface area (Å²) in [6.45, 7) is 6.58. The Morgan fingerprint density at radius 3 is 2.56 bits per heavy atom. The molecule has 0 bridgehead atoms. The standard InChI is InChI=1S/C21H25N5O/c1-16-20(14-23-26(16)19-6-4-3-5-7-19)21(27)24-11-8-18(9-12-24)15-25-13-10-22-17(25)2/h3-7,10,13-14,18H,8-9,11-12,15H2,1-2H3. The van der Waals surface area contributed by atoms with Gasteiger partial charge in [0.2, 0.25) is 0 Å². The molecule has 3 aromatic rings. The van der Waals surface area contributed by atoms with Gasteiger partial charge in [0.1, 0.15) is 5.82 Å². The Kier molecular flexibility index (Phi) is 4.79. The summed E-state index contributed by atoms with van der Waals surface area (Å²) in [7, 11) is 0. The van der Waals surface area contributed by atoms with Crippen molar-refractivity contribution < 1.29 is 4.79 Å². The molecule has 0 spiro atoms. The predicted molar refractivity (Wildman–Crippen MR) is 104 cm³/mol. The predicted octanol–water partition coefficient (Wildman–Crippen LogP) is 3.24. The van der Waals surface area contributed by atoms with Crippen molar-refractivity contribution in [2.45, 2.75) is 33.2 Å². The van der Waals surface area contributed by atoms with Crippen molar-refractivity contribution in [3.05, 3.63) is 66.0 Å². The van der Waals surface area contributed by atoms with E-state index >= 15 is 0 Å². The summed E-state index contributed by atoms with van der Waals surface area (Å²) >= 11 is 0. The van der Waals surface area contributed by atoms with Gasteiger partial charge in [0.05, 0.1) is 23.1 Å². The molecular weight excluding hydrogens is 338 g/mol. The fourth-order valence-electron chi connectivity index (χ4n) is 3.81. The van der Waals surface area contributed by atoms with Gasteiger partial charge in [-0.15, -0.1) is 0 Å². The minimum absolute atomic E-state index is 0.0898. The average molecular weight is 363 g/mol. The quantitative estimate of drug-likeness (QED) is 0.715. The van der Waals surface area contributed by atoms with Gasteiger partial charge in [0.15, 0.2) is 0 Å². The second-order valence-corrected chi connectivity index (χ2v) is 7.25. The largest absolute Gasteiger partial charge is 0.339 e. The number of benzene rings is 1. The number of carbonyl (C=O) groups excluding carboxylic acids is 1. The van der Waals surface area contributed by atoms with Gasteiger partial charge >= 0.3 is 0 Å². The van der Waals surface area contributed by atoms with E-state index < -0.39 is 0 Å². The highest BCUT2D eigenvalue weighted by molar-refractivity contribution is 5.95. The summed E-state index contributed by atoms with van der Waals surface area (Å²) in [4.78, 5) is 19.3. The third kappa shape index (κ3) is 3.52. The number of rotatable bonds is 4. The number of hydrogen-bond acceptors (Lipinski definition) is 3. The summed E-state index contributed by atoms with van der Waals surface area (Å²) in [6.07, 6.45) is 7.63. The van der Waals surface area contributed by atoms with Crippen LogP contribution in [0.1, 0.15) is 34.7 Å². The van der Waals surface area contributed by atoms with Crippen molar-refractivity contribution in [1.29, 1.82) is 0 Å². The summed E-state index contributed by atoms with van der Waals surface area (Å²) in [5.41, 5.74) is 2.56. The number of amides is 1. The minimum atomic E-state index is 0.0898. The van der Waals surface area contributed by atoms with Crippen LogP contribution in [0.25, 0.3) is 5.69 Å². The fraction of sp³-hybridized carbons (Fsp3) is 0.381. The van der Waals surface area contributed by atoms with E-state index in [2.05, 4.69) is 14.6 Å². The molecule has 1 amide bonds. The van der Waals surface area contributed by atoms with Gasteiger partial charge < -0.3 is 9.47 Å². The zero-order valence-electron chi connectivity index (χ0n) is 15.9. The number of para-hydroxylation sites is 1. The Labute approximate surface area is 159 Å². The Morgan fingerprint density at radius 2 is 1.89 bits per heavy atom. The normalized spacial score (nSPS) is 15.3. The van der Waals surface area contributed by atoms with Crippen molar-refractivity contribution in [3.63, 3.8) is 0 Å². The zero-order chi connectivity index (χ0) is 18.8. The lowest BCUT2D eigenvalue weighted by atomic mass is 9.96. The molecule has 1 fully saturated rings. The van der Waals surface area contributed by atoms with Crippen molar-refractivity contribution in [2.75, 3.05) is 13.1 Å². The smallest absolute Gasteiger partial charge is 0.257 e. The molecule has 1 aliphatic rings. The van der Waals surface area contributed by atoms with Crippen LogP contribution in [0.4, 0.5) is 0 Å². The van der Waals surface area contributed by atoms with Crippen LogP contribution in [-0.4, -0.2) is 43.2 Å². The van der Waals surface area contributed by atoms with E-state index in [0.29, 0.717) is 11.5 Å². The summed E-state index contributed by atoms with van der Waals surface area (Å²) in [6, 6.07) is 9.93. The van der Waals surface area contributed by atoms with Crippen LogP contribution in [0.3, 0.4) is 0 Å². The molecule has 6 nitrogen and oxygen atoms in total. The monoisotopic (exact) mass is 363 g/mol. The fourth-order valence-corrected chi connectivity index (χ4v) is 3.81. The van der Waals surface area contributed by atoms with Crippen LogP contribution in [-0.2, 0) is 6.54 Å². The maximum atomic E-state index is 13.0. The highest BCUT2D eigenvalue weighted by atomic mass is 16.2. The Bertz CT molecular complexity index is 919. The number of likely N-dealkylation sites (tertiary alicyclic amines) is 1. The topological polar surface area (TPSA) is 56.0 Å². The number of aromatic nitrogens is 4. The lowest BCUT2D eigenvalue weighted by Crippen LogP contribution is -2.39. The maximum Gasteiger partial charge on any atom is 0.257 e. The molecule has 0 unspecified atom stereocenters. The summed E-state index contributed by atoms with van der Waals surface area (Å²) in [5, 5.41) is 4.44. The van der Waals surface area contributed by atoms with Crippen molar-refractivity contribution in [2.24, 2.45) is 5.92 Å². The van der Waals surface area contributed by atoms with Gasteiger partial charge in [-0.25, -0.2) is 9.67 Å². The molecular formula is C21H25N5O. The molecule has 0 atom stereocenters. The average Bonchev–Trinajstić information content (AvgIpc) is 3.28. The molecule has 1 aromatic carbocycles. The van der Waals surface area contributed by atoms with Crippen LogP contribution in [0, 0.1) is 19.8 Å². The number of imidazole rings is 1. The lowest BCUT2D eigenvalue weighted by Gasteiger charge is -2.32. The van der Waals surface area contributed by atoms with E-state index in [1.165, 1.54) is 0 Å². The van der Waals surface area contributed by atoms with Gasteiger partial charge in [0, 0.05) is 32.0 Å². The summed E-state index contributed by atoms with van der Waals surface area (Å²) in [5.74, 6) is 1.74. The molecule has 3 heterocycles. The number of nitrogens with zero attached hydrogens (tertiary/aromatic N) is 5. The van der Waals surface area contributed by atoms with E-state index in [4.69, 9.17) is 0 Å². The second-order valence-electron chi connectivity index (χ2n) is 7.25. The van der Waals surface area contributed by atoms with E-state index in [1.807, 2.05) is 66.2 Å². The molecule has 6 heteroatoms. The number of hydrogen-bond donors (Lipinski definition) is 0. The lowest BCUT2D eigenvalue weighted by molar-refractivity contribution is 0.0682. The highest BCUT2D eigenvalue weighted by Gasteiger charge is 2.26. The molecule has 1 aliphatic heterocycles. The maximum absolute atomic E-state index is 13.0. The van der Waals surface area contributed by atoms with Crippen LogP contribution in [0.15, 0.2) is 48.9 Å². The van der Waals surface area contributed by atoms with Gasteiger partial charge in [-0.1, -0.05) is 18.2 Å². The van der Waals surface area contributed by atoms with Crippen LogP contribution in [0.2, 0.25) is 0 Å². The highest BCUT2D eigenvalue weighted by Crippen LogP contribution is 2.23.